The van der Waals surface area contributed by atoms with Gasteiger partial charge in [0.05, 0.1) is 6.04 Å². The molecule has 0 aliphatic carbocycles. The average molecular weight is 314 g/mol. The molecule has 1 aromatic rings. The number of carbonyl (C=O) groups excluding carboxylic acids is 2. The maximum Gasteiger partial charge on any atom is 0.213 e. The highest BCUT2D eigenvalue weighted by molar-refractivity contribution is 9.10. The van der Waals surface area contributed by atoms with E-state index in [2.05, 4.69) is 15.9 Å². The van der Waals surface area contributed by atoms with Gasteiger partial charge in [0.15, 0.2) is 6.29 Å². The second-order valence-electron chi connectivity index (χ2n) is 3.91. The highest BCUT2D eigenvalue weighted by Crippen LogP contribution is 2.24. The largest absolute Gasteiger partial charge is 0.295 e. The monoisotopic (exact) mass is 313 g/mol. The van der Waals surface area contributed by atoms with Crippen molar-refractivity contribution >= 4 is 39.8 Å². The van der Waals surface area contributed by atoms with E-state index in [1.165, 1.54) is 0 Å². The third-order valence-electron chi connectivity index (χ3n) is 2.69. The van der Waals surface area contributed by atoms with Gasteiger partial charge < -0.3 is 0 Å². The fourth-order valence-corrected chi connectivity index (χ4v) is 3.50. The Bertz CT molecular complexity index is 438. The van der Waals surface area contributed by atoms with Crippen LogP contribution in [0.5, 0.6) is 0 Å². The van der Waals surface area contributed by atoms with Gasteiger partial charge in [-0.1, -0.05) is 28.1 Å². The van der Waals surface area contributed by atoms with Crippen LogP contribution in [0.15, 0.2) is 28.7 Å². The molecular weight excluding hydrogens is 302 g/mol. The lowest BCUT2D eigenvalue weighted by molar-refractivity contribution is -0.132. The van der Waals surface area contributed by atoms with Crippen molar-refractivity contribution in [2.45, 2.75) is 12.6 Å². The first kappa shape index (κ1) is 12.8. The Labute approximate surface area is 113 Å². The first-order valence-electron chi connectivity index (χ1n) is 5.26. The number of Topliss-reactive ketones (excluding diaryl/α,β-unsaturated/α-hetero) is 1. The van der Waals surface area contributed by atoms with Gasteiger partial charge >= 0.3 is 0 Å². The zero-order chi connectivity index (χ0) is 12.3. The number of halogens is 1. The van der Waals surface area contributed by atoms with E-state index in [0.717, 1.165) is 15.9 Å². The molecule has 17 heavy (non-hydrogen) atoms. The van der Waals surface area contributed by atoms with E-state index in [4.69, 9.17) is 0 Å². The summed E-state index contributed by atoms with van der Waals surface area (Å²) >= 11 is 5.11. The molecule has 0 saturated carbocycles. The molecule has 0 bridgehead atoms. The molecule has 1 aliphatic rings. The van der Waals surface area contributed by atoms with E-state index in [9.17, 15) is 9.59 Å². The van der Waals surface area contributed by atoms with Gasteiger partial charge in [0.2, 0.25) is 5.78 Å². The van der Waals surface area contributed by atoms with E-state index < -0.39 is 0 Å². The number of nitrogens with zero attached hydrogens (tertiary/aromatic N) is 1. The van der Waals surface area contributed by atoms with Crippen LogP contribution in [0.2, 0.25) is 0 Å². The quantitative estimate of drug-likeness (QED) is 0.630. The molecule has 0 radical (unpaired) electrons. The Hall–Kier alpha value is -0.650. The van der Waals surface area contributed by atoms with Crippen LogP contribution in [0, 0.1) is 0 Å². The lowest BCUT2D eigenvalue weighted by Crippen LogP contribution is -2.37. The molecule has 3 nitrogen and oxygen atoms in total. The summed E-state index contributed by atoms with van der Waals surface area (Å²) in [7, 11) is 0. The molecular formula is C12H12BrNO2S. The average Bonchev–Trinajstić information content (AvgIpc) is 2.76. The highest BCUT2D eigenvalue weighted by Gasteiger charge is 2.30. The molecule has 1 fully saturated rings. The first-order valence-corrected chi connectivity index (χ1v) is 7.21. The fraction of sp³-hybridized carbons (Fsp3) is 0.333. The predicted molar refractivity (Wildman–Crippen MR) is 71.9 cm³/mol. The van der Waals surface area contributed by atoms with Gasteiger partial charge in [0.25, 0.3) is 0 Å². The lowest BCUT2D eigenvalue weighted by Gasteiger charge is -2.20. The Kier molecular flexibility index (Phi) is 4.36. The van der Waals surface area contributed by atoms with Gasteiger partial charge in [-0.2, -0.15) is 0 Å². The zero-order valence-electron chi connectivity index (χ0n) is 9.14. The van der Waals surface area contributed by atoms with E-state index in [1.807, 2.05) is 29.2 Å². The van der Waals surface area contributed by atoms with Crippen molar-refractivity contribution in [2.75, 3.05) is 11.6 Å². The minimum absolute atomic E-state index is 0.253. The molecule has 5 heteroatoms. The predicted octanol–water partition coefficient (Wildman–Crippen LogP) is 2.09. The third-order valence-corrected chi connectivity index (χ3v) is 4.25. The summed E-state index contributed by atoms with van der Waals surface area (Å²) < 4.78 is 1.03. The van der Waals surface area contributed by atoms with Crippen molar-refractivity contribution in [1.82, 2.24) is 4.90 Å². The second kappa shape index (κ2) is 5.80. The SMILES string of the molecule is O=CC(=O)C1CSCN1Cc1cccc(Br)c1. The van der Waals surface area contributed by atoms with Crippen molar-refractivity contribution in [3.63, 3.8) is 0 Å². The van der Waals surface area contributed by atoms with Gasteiger partial charge in [-0.15, -0.1) is 11.8 Å². The van der Waals surface area contributed by atoms with E-state index >= 15 is 0 Å². The minimum Gasteiger partial charge on any atom is -0.295 e. The summed E-state index contributed by atoms with van der Waals surface area (Å²) in [4.78, 5) is 24.0. The van der Waals surface area contributed by atoms with Crippen LogP contribution in [-0.4, -0.2) is 34.6 Å². The van der Waals surface area contributed by atoms with Crippen molar-refractivity contribution in [3.8, 4) is 0 Å². The number of ketones is 1. The first-order chi connectivity index (χ1) is 8.20. The Morgan fingerprint density at radius 2 is 2.41 bits per heavy atom. The number of hydrogen-bond donors (Lipinski definition) is 0. The number of rotatable bonds is 4. The van der Waals surface area contributed by atoms with Crippen LogP contribution < -0.4 is 0 Å². The molecule has 0 amide bonds. The van der Waals surface area contributed by atoms with E-state index in [1.54, 1.807) is 11.8 Å². The standard InChI is InChI=1S/C12H12BrNO2S/c13-10-3-1-2-9(4-10)5-14-8-17-7-11(14)12(16)6-15/h1-4,6,11H,5,7-8H2. The van der Waals surface area contributed by atoms with E-state index in [0.29, 0.717) is 18.6 Å². The Balaban J connectivity index is 2.07. The van der Waals surface area contributed by atoms with Gasteiger partial charge in [-0.25, -0.2) is 0 Å². The van der Waals surface area contributed by atoms with Crippen LogP contribution >= 0.6 is 27.7 Å². The molecule has 0 spiro atoms. The second-order valence-corrected chi connectivity index (χ2v) is 5.83. The van der Waals surface area contributed by atoms with Gasteiger partial charge in [-0.05, 0) is 17.7 Å². The summed E-state index contributed by atoms with van der Waals surface area (Å²) in [5.41, 5.74) is 1.14. The van der Waals surface area contributed by atoms with Gasteiger partial charge in [0, 0.05) is 22.6 Å². The molecule has 2 rings (SSSR count). The third kappa shape index (κ3) is 3.18. The van der Waals surface area contributed by atoms with Gasteiger partial charge in [0.1, 0.15) is 0 Å². The van der Waals surface area contributed by atoms with Crippen molar-refractivity contribution < 1.29 is 9.59 Å². The lowest BCUT2D eigenvalue weighted by atomic mass is 10.1. The van der Waals surface area contributed by atoms with E-state index in [-0.39, 0.29) is 11.8 Å². The molecule has 1 saturated heterocycles. The molecule has 0 N–H and O–H groups in total. The molecule has 1 heterocycles. The summed E-state index contributed by atoms with van der Waals surface area (Å²) in [5.74, 6) is 1.20. The summed E-state index contributed by atoms with van der Waals surface area (Å²) in [6, 6.07) is 7.74. The normalized spacial score (nSPS) is 20.4. The van der Waals surface area contributed by atoms with Crippen LogP contribution in [0.4, 0.5) is 0 Å². The number of hydrogen-bond acceptors (Lipinski definition) is 4. The van der Waals surface area contributed by atoms with Crippen LogP contribution in [0.1, 0.15) is 5.56 Å². The Morgan fingerprint density at radius 1 is 1.59 bits per heavy atom. The molecule has 1 unspecified atom stereocenters. The molecule has 90 valence electrons. The number of carbonyl (C=O) groups is 2. The molecule has 1 aromatic carbocycles. The van der Waals surface area contributed by atoms with Gasteiger partial charge in [-0.3, -0.25) is 14.5 Å². The zero-order valence-corrected chi connectivity index (χ0v) is 11.5. The number of benzene rings is 1. The fourth-order valence-electron chi connectivity index (χ4n) is 1.84. The van der Waals surface area contributed by atoms with Crippen LogP contribution in [0.3, 0.4) is 0 Å². The van der Waals surface area contributed by atoms with Crippen LogP contribution in [0.25, 0.3) is 0 Å². The maximum atomic E-state index is 11.4. The van der Waals surface area contributed by atoms with Crippen molar-refractivity contribution in [3.05, 3.63) is 34.3 Å². The molecule has 1 atom stereocenters. The highest BCUT2D eigenvalue weighted by atomic mass is 79.9. The van der Waals surface area contributed by atoms with Crippen LogP contribution in [-0.2, 0) is 16.1 Å². The Morgan fingerprint density at radius 3 is 3.12 bits per heavy atom. The number of aldehydes is 1. The molecule has 1 aliphatic heterocycles. The number of thioether (sulfide) groups is 1. The molecule has 0 aromatic heterocycles. The minimum atomic E-state index is -0.315. The summed E-state index contributed by atoms with van der Waals surface area (Å²) in [6.07, 6.45) is 0.435. The summed E-state index contributed by atoms with van der Waals surface area (Å²) in [6.45, 7) is 0.705. The summed E-state index contributed by atoms with van der Waals surface area (Å²) in [5, 5.41) is 0. The van der Waals surface area contributed by atoms with Crippen molar-refractivity contribution in [2.24, 2.45) is 0 Å². The maximum absolute atomic E-state index is 11.4. The topological polar surface area (TPSA) is 37.4 Å². The smallest absolute Gasteiger partial charge is 0.213 e. The van der Waals surface area contributed by atoms with Crippen molar-refractivity contribution in [1.29, 1.82) is 0 Å².